The first-order chi connectivity index (χ1) is 11.5. The van der Waals surface area contributed by atoms with Gasteiger partial charge in [0, 0.05) is 29.7 Å². The van der Waals surface area contributed by atoms with E-state index in [0.29, 0.717) is 6.61 Å². The molecule has 1 amide bonds. The fourth-order valence-electron chi connectivity index (χ4n) is 4.15. The molecule has 7 heteroatoms. The fraction of sp³-hybridized carbons (Fsp3) is 0.588. The van der Waals surface area contributed by atoms with Crippen LogP contribution in [0.3, 0.4) is 0 Å². The van der Waals surface area contributed by atoms with Gasteiger partial charge in [-0.25, -0.2) is 0 Å². The molecule has 2 aliphatic carbocycles. The summed E-state index contributed by atoms with van der Waals surface area (Å²) in [6, 6.07) is 3.72. The van der Waals surface area contributed by atoms with Gasteiger partial charge in [0.2, 0.25) is 0 Å². The number of ether oxygens (including phenoxy) is 1. The Morgan fingerprint density at radius 2 is 2.17 bits per heavy atom. The zero-order chi connectivity index (χ0) is 17.3. The lowest BCUT2D eigenvalue weighted by molar-refractivity contribution is -0.385. The van der Waals surface area contributed by atoms with Crippen molar-refractivity contribution in [3.05, 3.63) is 33.9 Å². The predicted octanol–water partition coefficient (Wildman–Crippen LogP) is 2.77. The fourth-order valence-corrected chi connectivity index (χ4v) is 4.15. The lowest BCUT2D eigenvalue weighted by Crippen LogP contribution is -2.63. The van der Waals surface area contributed by atoms with Gasteiger partial charge in [0.15, 0.2) is 5.75 Å². The van der Waals surface area contributed by atoms with Gasteiger partial charge >= 0.3 is 5.69 Å². The highest BCUT2D eigenvalue weighted by Crippen LogP contribution is 2.54. The molecule has 0 aliphatic heterocycles. The molecular formula is C17H22N2O5. The zero-order valence-corrected chi connectivity index (χ0v) is 13.7. The van der Waals surface area contributed by atoms with E-state index >= 15 is 0 Å². The number of phenolic OH excluding ortho intramolecular Hbond substituents is 1. The summed E-state index contributed by atoms with van der Waals surface area (Å²) in [7, 11) is 0. The first kappa shape index (κ1) is 16.7. The minimum Gasteiger partial charge on any atom is -0.502 e. The van der Waals surface area contributed by atoms with Crippen LogP contribution in [0.15, 0.2) is 18.2 Å². The summed E-state index contributed by atoms with van der Waals surface area (Å²) in [6.45, 7) is 2.65. The first-order valence-electron chi connectivity index (χ1n) is 8.38. The number of amides is 1. The SMILES string of the molecule is CCO[C@@H]1C[C@H](NC(=O)c2ccc([N+](=O)[O-])c(O)c2)C12CCCC2. The van der Waals surface area contributed by atoms with Crippen molar-refractivity contribution >= 4 is 11.6 Å². The topological polar surface area (TPSA) is 102 Å². The number of carbonyl (C=O) groups is 1. The van der Waals surface area contributed by atoms with E-state index in [1.807, 2.05) is 6.92 Å². The zero-order valence-electron chi connectivity index (χ0n) is 13.7. The summed E-state index contributed by atoms with van der Waals surface area (Å²) < 4.78 is 5.83. The van der Waals surface area contributed by atoms with Crippen molar-refractivity contribution in [2.45, 2.75) is 51.2 Å². The second kappa shape index (κ2) is 6.39. The number of nitro benzene ring substituents is 1. The molecule has 2 N–H and O–H groups in total. The van der Waals surface area contributed by atoms with Gasteiger partial charge in [-0.2, -0.15) is 0 Å². The van der Waals surface area contributed by atoms with E-state index in [1.54, 1.807) is 0 Å². The van der Waals surface area contributed by atoms with Crippen LogP contribution in [0.1, 0.15) is 49.4 Å². The maximum Gasteiger partial charge on any atom is 0.310 e. The number of nitro groups is 1. The quantitative estimate of drug-likeness (QED) is 0.637. The van der Waals surface area contributed by atoms with Gasteiger partial charge in [-0.05, 0) is 38.3 Å². The molecule has 0 radical (unpaired) electrons. The molecule has 2 fully saturated rings. The highest BCUT2D eigenvalue weighted by Gasteiger charge is 2.57. The van der Waals surface area contributed by atoms with Crippen molar-refractivity contribution in [1.29, 1.82) is 0 Å². The van der Waals surface area contributed by atoms with Crippen LogP contribution in [0.2, 0.25) is 0 Å². The van der Waals surface area contributed by atoms with Crippen LogP contribution in [-0.2, 0) is 4.74 Å². The van der Waals surface area contributed by atoms with Crippen LogP contribution in [-0.4, -0.2) is 34.7 Å². The molecule has 0 unspecified atom stereocenters. The monoisotopic (exact) mass is 334 g/mol. The van der Waals surface area contributed by atoms with E-state index < -0.39 is 16.4 Å². The summed E-state index contributed by atoms with van der Waals surface area (Å²) in [4.78, 5) is 22.5. The molecule has 1 aromatic rings. The normalized spacial score (nSPS) is 24.5. The van der Waals surface area contributed by atoms with Gasteiger partial charge < -0.3 is 15.2 Å². The van der Waals surface area contributed by atoms with Crippen LogP contribution in [0.25, 0.3) is 0 Å². The lowest BCUT2D eigenvalue weighted by Gasteiger charge is -2.54. The first-order valence-corrected chi connectivity index (χ1v) is 8.38. The van der Waals surface area contributed by atoms with Crippen molar-refractivity contribution in [2.75, 3.05) is 6.61 Å². The molecular weight excluding hydrogens is 312 g/mol. The number of rotatable bonds is 5. The van der Waals surface area contributed by atoms with E-state index in [9.17, 15) is 20.0 Å². The number of phenols is 1. The Morgan fingerprint density at radius 1 is 1.46 bits per heavy atom. The molecule has 3 rings (SSSR count). The van der Waals surface area contributed by atoms with E-state index in [-0.39, 0.29) is 29.0 Å². The van der Waals surface area contributed by atoms with Gasteiger partial charge in [-0.15, -0.1) is 0 Å². The third-order valence-electron chi connectivity index (χ3n) is 5.43. The molecule has 1 spiro atoms. The average molecular weight is 334 g/mol. The number of hydrogen-bond donors (Lipinski definition) is 2. The summed E-state index contributed by atoms with van der Waals surface area (Å²) >= 11 is 0. The lowest BCUT2D eigenvalue weighted by atomic mass is 9.60. The van der Waals surface area contributed by atoms with Crippen molar-refractivity contribution in [2.24, 2.45) is 5.41 Å². The third-order valence-corrected chi connectivity index (χ3v) is 5.43. The Bertz CT molecular complexity index is 654. The Hall–Kier alpha value is -2.15. The highest BCUT2D eigenvalue weighted by molar-refractivity contribution is 5.95. The van der Waals surface area contributed by atoms with Crippen molar-refractivity contribution < 1.29 is 19.6 Å². The van der Waals surface area contributed by atoms with E-state index in [4.69, 9.17) is 4.74 Å². The van der Waals surface area contributed by atoms with Crippen LogP contribution >= 0.6 is 0 Å². The van der Waals surface area contributed by atoms with Gasteiger partial charge in [-0.3, -0.25) is 14.9 Å². The van der Waals surface area contributed by atoms with Crippen molar-refractivity contribution in [3.63, 3.8) is 0 Å². The molecule has 0 heterocycles. The number of benzene rings is 1. The molecule has 0 aromatic heterocycles. The molecule has 2 atom stereocenters. The Labute approximate surface area is 140 Å². The summed E-state index contributed by atoms with van der Waals surface area (Å²) in [5.74, 6) is -0.810. The Morgan fingerprint density at radius 3 is 2.75 bits per heavy atom. The molecule has 7 nitrogen and oxygen atoms in total. The van der Waals surface area contributed by atoms with Gasteiger partial charge in [0.1, 0.15) is 0 Å². The number of nitrogens with zero attached hydrogens (tertiary/aromatic N) is 1. The maximum absolute atomic E-state index is 12.5. The number of hydrogen-bond acceptors (Lipinski definition) is 5. The second-order valence-corrected chi connectivity index (χ2v) is 6.61. The molecule has 24 heavy (non-hydrogen) atoms. The number of carbonyl (C=O) groups excluding carboxylic acids is 1. The van der Waals surface area contributed by atoms with Gasteiger partial charge in [-0.1, -0.05) is 12.8 Å². The standard InChI is InChI=1S/C17H22N2O5/c1-2-24-15-10-14(17(15)7-3-4-8-17)18-16(21)11-5-6-12(19(22)23)13(20)9-11/h5-6,9,14-15,20H,2-4,7-8,10H2,1H3,(H,18,21)/t14-,15+/m0/s1. The van der Waals surface area contributed by atoms with Crippen molar-refractivity contribution in [3.8, 4) is 5.75 Å². The van der Waals surface area contributed by atoms with Crippen LogP contribution < -0.4 is 5.32 Å². The summed E-state index contributed by atoms with van der Waals surface area (Å²) in [5.41, 5.74) is -0.154. The van der Waals surface area contributed by atoms with Crippen LogP contribution in [0.4, 0.5) is 5.69 Å². The molecule has 0 bridgehead atoms. The molecule has 0 saturated heterocycles. The number of nitrogens with one attached hydrogen (secondary N) is 1. The third kappa shape index (κ3) is 2.73. The second-order valence-electron chi connectivity index (χ2n) is 6.61. The Kier molecular flexibility index (Phi) is 4.45. The van der Waals surface area contributed by atoms with Gasteiger partial charge in [0.05, 0.1) is 11.0 Å². The van der Waals surface area contributed by atoms with Crippen LogP contribution in [0, 0.1) is 15.5 Å². The van der Waals surface area contributed by atoms with E-state index in [0.717, 1.165) is 44.2 Å². The average Bonchev–Trinajstić information content (AvgIpc) is 3.06. The predicted molar refractivity (Wildman–Crippen MR) is 86.9 cm³/mol. The molecule has 2 saturated carbocycles. The Balaban J connectivity index is 1.71. The maximum atomic E-state index is 12.5. The summed E-state index contributed by atoms with van der Waals surface area (Å²) in [5, 5.41) is 23.5. The van der Waals surface area contributed by atoms with Crippen LogP contribution in [0.5, 0.6) is 5.75 Å². The molecule has 1 aromatic carbocycles. The molecule has 2 aliphatic rings. The van der Waals surface area contributed by atoms with Crippen molar-refractivity contribution in [1.82, 2.24) is 5.32 Å². The largest absolute Gasteiger partial charge is 0.502 e. The van der Waals surface area contributed by atoms with Gasteiger partial charge in [0.25, 0.3) is 5.91 Å². The molecule has 130 valence electrons. The highest BCUT2D eigenvalue weighted by atomic mass is 16.6. The minimum absolute atomic E-state index is 0.0223. The minimum atomic E-state index is -0.677. The number of aromatic hydroxyl groups is 1. The summed E-state index contributed by atoms with van der Waals surface area (Å²) in [6.07, 6.45) is 5.38. The van der Waals surface area contributed by atoms with E-state index in [1.165, 1.54) is 6.07 Å². The smallest absolute Gasteiger partial charge is 0.310 e. The van der Waals surface area contributed by atoms with E-state index in [2.05, 4.69) is 5.32 Å².